The quantitative estimate of drug-likeness (QED) is 0.787. The van der Waals surface area contributed by atoms with Gasteiger partial charge in [0.1, 0.15) is 17.3 Å². The Labute approximate surface area is 144 Å². The summed E-state index contributed by atoms with van der Waals surface area (Å²) in [7, 11) is 3.09. The van der Waals surface area contributed by atoms with Gasteiger partial charge in [0, 0.05) is 12.5 Å². The monoisotopic (exact) mass is 346 g/mol. The second kappa shape index (κ2) is 8.68. The highest BCUT2D eigenvalue weighted by atomic mass is 19.1. The molecule has 0 aliphatic carbocycles. The second-order valence-electron chi connectivity index (χ2n) is 5.20. The van der Waals surface area contributed by atoms with E-state index in [4.69, 9.17) is 9.47 Å². The highest BCUT2D eigenvalue weighted by Crippen LogP contribution is 2.23. The lowest BCUT2D eigenvalue weighted by atomic mass is 10.1. The molecule has 25 heavy (non-hydrogen) atoms. The number of hydrazine groups is 1. The van der Waals surface area contributed by atoms with Gasteiger partial charge in [-0.1, -0.05) is 12.1 Å². The van der Waals surface area contributed by atoms with Gasteiger partial charge in [0.05, 0.1) is 19.8 Å². The fraction of sp³-hybridized carbons (Fsp3) is 0.222. The van der Waals surface area contributed by atoms with Crippen molar-refractivity contribution in [2.75, 3.05) is 14.2 Å². The van der Waals surface area contributed by atoms with Crippen LogP contribution in [0, 0.1) is 5.82 Å². The van der Waals surface area contributed by atoms with E-state index in [1.165, 1.54) is 24.3 Å². The summed E-state index contributed by atoms with van der Waals surface area (Å²) in [4.78, 5) is 23.7. The molecule has 2 aromatic carbocycles. The number of ether oxygens (including phenoxy) is 2. The van der Waals surface area contributed by atoms with Crippen LogP contribution in [0.4, 0.5) is 4.39 Å². The van der Waals surface area contributed by atoms with Gasteiger partial charge in [-0.2, -0.15) is 0 Å². The Hall–Kier alpha value is -3.09. The van der Waals surface area contributed by atoms with Crippen molar-refractivity contribution < 1.29 is 23.5 Å². The predicted molar refractivity (Wildman–Crippen MR) is 89.9 cm³/mol. The predicted octanol–water partition coefficient (Wildman–Crippen LogP) is 2.24. The van der Waals surface area contributed by atoms with Crippen LogP contribution in [0.5, 0.6) is 11.5 Å². The molecular weight excluding hydrogens is 327 g/mol. The molecule has 0 unspecified atom stereocenters. The fourth-order valence-electron chi connectivity index (χ4n) is 2.17. The van der Waals surface area contributed by atoms with Gasteiger partial charge in [-0.25, -0.2) is 4.39 Å². The van der Waals surface area contributed by atoms with Gasteiger partial charge in [-0.3, -0.25) is 20.4 Å². The van der Waals surface area contributed by atoms with E-state index < -0.39 is 17.6 Å². The summed E-state index contributed by atoms with van der Waals surface area (Å²) in [6.45, 7) is 0. The van der Waals surface area contributed by atoms with Gasteiger partial charge in [0.2, 0.25) is 5.91 Å². The van der Waals surface area contributed by atoms with Crippen molar-refractivity contribution >= 4 is 11.8 Å². The molecule has 2 N–H and O–H groups in total. The molecule has 132 valence electrons. The zero-order valence-corrected chi connectivity index (χ0v) is 14.0. The first kappa shape index (κ1) is 18.3. The minimum Gasteiger partial charge on any atom is -0.497 e. The van der Waals surface area contributed by atoms with Crippen LogP contribution in [0.1, 0.15) is 22.3 Å². The lowest BCUT2D eigenvalue weighted by Gasteiger charge is -2.10. The van der Waals surface area contributed by atoms with E-state index in [0.29, 0.717) is 17.9 Å². The first-order chi connectivity index (χ1) is 12.0. The van der Waals surface area contributed by atoms with Crippen LogP contribution in [0.3, 0.4) is 0 Å². The van der Waals surface area contributed by atoms with E-state index in [2.05, 4.69) is 10.9 Å². The summed E-state index contributed by atoms with van der Waals surface area (Å²) in [5, 5.41) is 0. The smallest absolute Gasteiger partial charge is 0.272 e. The molecule has 0 heterocycles. The van der Waals surface area contributed by atoms with Gasteiger partial charge < -0.3 is 9.47 Å². The van der Waals surface area contributed by atoms with Crippen LogP contribution in [0.15, 0.2) is 42.5 Å². The van der Waals surface area contributed by atoms with Crippen molar-refractivity contribution in [3.8, 4) is 11.5 Å². The third kappa shape index (κ3) is 5.20. The molecule has 0 aliphatic heterocycles. The standard InChI is InChI=1S/C18H19FN2O4/c1-24-13-9-12(10-14(11-13)25-2)7-8-17(22)20-21-18(23)15-5-3-4-6-16(15)19/h3-6,9-11H,7-8H2,1-2H3,(H,20,22)(H,21,23). The number of methoxy groups -OCH3 is 2. The van der Waals surface area contributed by atoms with Crippen molar-refractivity contribution in [1.29, 1.82) is 0 Å². The summed E-state index contributed by atoms with van der Waals surface area (Å²) in [5.41, 5.74) is 5.18. The Balaban J connectivity index is 1.87. The molecular formula is C18H19FN2O4. The molecule has 0 aromatic heterocycles. The minimum atomic E-state index is -0.713. The molecule has 0 spiro atoms. The van der Waals surface area contributed by atoms with Crippen LogP contribution in [-0.2, 0) is 11.2 Å². The largest absolute Gasteiger partial charge is 0.497 e. The van der Waals surface area contributed by atoms with Crippen LogP contribution in [0.25, 0.3) is 0 Å². The Morgan fingerprint density at radius 1 is 1.00 bits per heavy atom. The van der Waals surface area contributed by atoms with Crippen molar-refractivity contribution in [2.45, 2.75) is 12.8 Å². The third-order valence-electron chi connectivity index (χ3n) is 3.49. The summed E-state index contributed by atoms with van der Waals surface area (Å²) in [5.74, 6) is -0.510. The highest BCUT2D eigenvalue weighted by molar-refractivity contribution is 5.95. The maximum atomic E-state index is 13.5. The number of amides is 2. The Bertz CT molecular complexity index is 742. The average Bonchev–Trinajstić information content (AvgIpc) is 2.64. The molecule has 2 amide bonds. The van der Waals surface area contributed by atoms with E-state index >= 15 is 0 Å². The summed E-state index contributed by atoms with van der Waals surface area (Å²) in [6.07, 6.45) is 0.558. The summed E-state index contributed by atoms with van der Waals surface area (Å²) >= 11 is 0. The number of aryl methyl sites for hydroxylation is 1. The molecule has 0 aliphatic rings. The van der Waals surface area contributed by atoms with E-state index in [1.807, 2.05) is 0 Å². The average molecular weight is 346 g/mol. The van der Waals surface area contributed by atoms with Crippen LogP contribution >= 0.6 is 0 Å². The SMILES string of the molecule is COc1cc(CCC(=O)NNC(=O)c2ccccc2F)cc(OC)c1. The number of carbonyl (C=O) groups is 2. The van der Waals surface area contributed by atoms with Gasteiger partial charge >= 0.3 is 0 Å². The van der Waals surface area contributed by atoms with E-state index in [-0.39, 0.29) is 12.0 Å². The normalized spacial score (nSPS) is 10.0. The third-order valence-corrected chi connectivity index (χ3v) is 3.49. The number of halogens is 1. The number of hydrogen-bond donors (Lipinski definition) is 2. The number of rotatable bonds is 6. The Morgan fingerprint density at radius 3 is 2.24 bits per heavy atom. The van der Waals surface area contributed by atoms with Gasteiger partial charge in [-0.15, -0.1) is 0 Å². The highest BCUT2D eigenvalue weighted by Gasteiger charge is 2.12. The molecule has 6 nitrogen and oxygen atoms in total. The molecule has 0 saturated heterocycles. The first-order valence-electron chi connectivity index (χ1n) is 7.59. The number of benzene rings is 2. The number of hydrogen-bond acceptors (Lipinski definition) is 4. The molecule has 0 radical (unpaired) electrons. The molecule has 0 bridgehead atoms. The van der Waals surface area contributed by atoms with Crippen LogP contribution in [-0.4, -0.2) is 26.0 Å². The molecule has 7 heteroatoms. The maximum absolute atomic E-state index is 13.5. The van der Waals surface area contributed by atoms with E-state index in [1.54, 1.807) is 32.4 Å². The van der Waals surface area contributed by atoms with Gasteiger partial charge in [0.15, 0.2) is 0 Å². The topological polar surface area (TPSA) is 76.7 Å². The lowest BCUT2D eigenvalue weighted by Crippen LogP contribution is -2.42. The summed E-state index contributed by atoms with van der Waals surface area (Å²) in [6, 6.07) is 10.9. The molecule has 0 fully saturated rings. The van der Waals surface area contributed by atoms with Crippen molar-refractivity contribution in [3.05, 3.63) is 59.4 Å². The Morgan fingerprint density at radius 2 is 1.64 bits per heavy atom. The van der Waals surface area contributed by atoms with Crippen molar-refractivity contribution in [1.82, 2.24) is 10.9 Å². The van der Waals surface area contributed by atoms with Gasteiger partial charge in [-0.05, 0) is 36.2 Å². The van der Waals surface area contributed by atoms with Crippen LogP contribution < -0.4 is 20.3 Å². The molecule has 0 saturated carbocycles. The van der Waals surface area contributed by atoms with Gasteiger partial charge in [0.25, 0.3) is 5.91 Å². The van der Waals surface area contributed by atoms with Crippen molar-refractivity contribution in [2.24, 2.45) is 0 Å². The second-order valence-corrected chi connectivity index (χ2v) is 5.20. The van der Waals surface area contributed by atoms with E-state index in [0.717, 1.165) is 5.56 Å². The Kier molecular flexibility index (Phi) is 6.33. The molecule has 0 atom stereocenters. The zero-order valence-electron chi connectivity index (χ0n) is 14.0. The number of nitrogens with one attached hydrogen (secondary N) is 2. The van der Waals surface area contributed by atoms with E-state index in [9.17, 15) is 14.0 Å². The minimum absolute atomic E-state index is 0.133. The molecule has 2 aromatic rings. The fourth-order valence-corrected chi connectivity index (χ4v) is 2.17. The van der Waals surface area contributed by atoms with Crippen LogP contribution in [0.2, 0.25) is 0 Å². The van der Waals surface area contributed by atoms with Crippen molar-refractivity contribution in [3.63, 3.8) is 0 Å². The maximum Gasteiger partial charge on any atom is 0.272 e. The molecule has 2 rings (SSSR count). The lowest BCUT2D eigenvalue weighted by molar-refractivity contribution is -0.121. The first-order valence-corrected chi connectivity index (χ1v) is 7.59. The zero-order chi connectivity index (χ0) is 18.2. The number of carbonyl (C=O) groups excluding carboxylic acids is 2. The summed E-state index contributed by atoms with van der Waals surface area (Å²) < 4.78 is 23.8.